The number of hydrogen-bond acceptors (Lipinski definition) is 2. The van der Waals surface area contributed by atoms with E-state index in [1.165, 1.54) is 50.5 Å². The number of hydrogen-bond donors (Lipinski definition) is 1. The lowest BCUT2D eigenvalue weighted by Gasteiger charge is -2.30. The normalized spacial score (nSPS) is 24.1. The molecule has 0 radical (unpaired) electrons. The molecule has 1 aliphatic rings. The number of benzene rings is 1. The van der Waals surface area contributed by atoms with E-state index < -0.39 is 0 Å². The average molecular weight is 275 g/mol. The van der Waals surface area contributed by atoms with Crippen LogP contribution in [0.3, 0.4) is 0 Å². The van der Waals surface area contributed by atoms with Gasteiger partial charge in [0, 0.05) is 6.04 Å². The molecule has 2 unspecified atom stereocenters. The van der Waals surface area contributed by atoms with Crippen molar-refractivity contribution in [2.45, 2.75) is 70.6 Å². The van der Waals surface area contributed by atoms with Crippen LogP contribution in [-0.2, 0) is 11.3 Å². The molecule has 1 aromatic rings. The van der Waals surface area contributed by atoms with Gasteiger partial charge in [0.15, 0.2) is 0 Å². The largest absolute Gasteiger partial charge is 0.372 e. The van der Waals surface area contributed by atoms with Gasteiger partial charge in [-0.2, -0.15) is 0 Å². The Kier molecular flexibility index (Phi) is 7.10. The maximum atomic E-state index is 6.25. The molecule has 1 fully saturated rings. The lowest BCUT2D eigenvalue weighted by atomic mass is 9.94. The van der Waals surface area contributed by atoms with Crippen LogP contribution in [0.2, 0.25) is 0 Å². The fourth-order valence-corrected chi connectivity index (χ4v) is 2.99. The van der Waals surface area contributed by atoms with Crippen LogP contribution in [0.5, 0.6) is 0 Å². The quantitative estimate of drug-likeness (QED) is 0.836. The molecule has 0 amide bonds. The fraction of sp³-hybridized carbons (Fsp3) is 0.667. The van der Waals surface area contributed by atoms with Gasteiger partial charge in [-0.3, -0.25) is 0 Å². The van der Waals surface area contributed by atoms with Crippen LogP contribution < -0.4 is 5.32 Å². The zero-order valence-electron chi connectivity index (χ0n) is 12.8. The second-order valence-electron chi connectivity index (χ2n) is 5.89. The molecule has 2 nitrogen and oxygen atoms in total. The number of rotatable bonds is 6. The van der Waals surface area contributed by atoms with Crippen LogP contribution in [0.25, 0.3) is 0 Å². The summed E-state index contributed by atoms with van der Waals surface area (Å²) in [5.41, 5.74) is 1.28. The van der Waals surface area contributed by atoms with Crippen molar-refractivity contribution in [3.8, 4) is 0 Å². The summed E-state index contributed by atoms with van der Waals surface area (Å²) in [5, 5.41) is 3.70. The van der Waals surface area contributed by atoms with Gasteiger partial charge in [-0.1, -0.05) is 62.9 Å². The minimum absolute atomic E-state index is 0.377. The Bertz CT molecular complexity index is 350. The Morgan fingerprint density at radius 1 is 1.05 bits per heavy atom. The van der Waals surface area contributed by atoms with E-state index in [9.17, 15) is 0 Å². The van der Waals surface area contributed by atoms with Gasteiger partial charge in [-0.15, -0.1) is 0 Å². The SMILES string of the molecule is CCCNC1CCCCCCC1OCc1ccccc1. The van der Waals surface area contributed by atoms with Crippen molar-refractivity contribution >= 4 is 0 Å². The molecule has 0 aromatic heterocycles. The van der Waals surface area contributed by atoms with Crippen molar-refractivity contribution in [1.29, 1.82) is 0 Å². The lowest BCUT2D eigenvalue weighted by Crippen LogP contribution is -2.42. The van der Waals surface area contributed by atoms with Crippen LogP contribution in [0, 0.1) is 0 Å². The topological polar surface area (TPSA) is 21.3 Å². The Labute approximate surface area is 123 Å². The van der Waals surface area contributed by atoms with E-state index >= 15 is 0 Å². The molecule has 20 heavy (non-hydrogen) atoms. The van der Waals surface area contributed by atoms with E-state index in [1.54, 1.807) is 0 Å². The van der Waals surface area contributed by atoms with Gasteiger partial charge in [0.1, 0.15) is 0 Å². The second-order valence-corrected chi connectivity index (χ2v) is 5.89. The van der Waals surface area contributed by atoms with E-state index in [-0.39, 0.29) is 0 Å². The van der Waals surface area contributed by atoms with Gasteiger partial charge in [0.2, 0.25) is 0 Å². The first-order chi connectivity index (χ1) is 9.90. The molecule has 0 heterocycles. The molecule has 0 saturated heterocycles. The predicted molar refractivity (Wildman–Crippen MR) is 84.8 cm³/mol. The first-order valence-electron chi connectivity index (χ1n) is 8.29. The van der Waals surface area contributed by atoms with E-state index in [1.807, 2.05) is 0 Å². The molecule has 2 rings (SSSR count). The highest BCUT2D eigenvalue weighted by atomic mass is 16.5. The minimum Gasteiger partial charge on any atom is -0.372 e. The standard InChI is InChI=1S/C18H29NO/c1-2-14-19-17-12-8-3-4-9-13-18(17)20-15-16-10-6-5-7-11-16/h5-7,10-11,17-19H,2-4,8-9,12-15H2,1H3. The highest BCUT2D eigenvalue weighted by molar-refractivity contribution is 5.13. The number of ether oxygens (including phenoxy) is 1. The first-order valence-corrected chi connectivity index (χ1v) is 8.29. The molecule has 2 heteroatoms. The molecule has 2 atom stereocenters. The van der Waals surface area contributed by atoms with E-state index in [0.29, 0.717) is 12.1 Å². The average Bonchev–Trinajstić information content (AvgIpc) is 2.47. The summed E-state index contributed by atoms with van der Waals surface area (Å²) in [6.07, 6.45) is 9.44. The lowest BCUT2D eigenvalue weighted by molar-refractivity contribution is 0.00249. The zero-order valence-corrected chi connectivity index (χ0v) is 12.8. The maximum absolute atomic E-state index is 6.25. The highest BCUT2D eigenvalue weighted by Crippen LogP contribution is 2.21. The second kappa shape index (κ2) is 9.15. The van der Waals surface area contributed by atoms with E-state index in [4.69, 9.17) is 4.74 Å². The van der Waals surface area contributed by atoms with Crippen LogP contribution in [0.15, 0.2) is 30.3 Å². The molecule has 112 valence electrons. The van der Waals surface area contributed by atoms with Crippen molar-refractivity contribution in [2.75, 3.05) is 6.54 Å². The molecule has 0 bridgehead atoms. The van der Waals surface area contributed by atoms with Crippen LogP contribution in [-0.4, -0.2) is 18.7 Å². The molecule has 1 aliphatic carbocycles. The molecule has 0 spiro atoms. The zero-order chi connectivity index (χ0) is 14.0. The van der Waals surface area contributed by atoms with Crippen LogP contribution in [0.1, 0.15) is 57.4 Å². The van der Waals surface area contributed by atoms with Gasteiger partial charge in [-0.05, 0) is 31.4 Å². The smallest absolute Gasteiger partial charge is 0.0732 e. The third kappa shape index (κ3) is 5.26. The van der Waals surface area contributed by atoms with Crippen molar-refractivity contribution in [3.63, 3.8) is 0 Å². The Morgan fingerprint density at radius 3 is 2.55 bits per heavy atom. The molecular weight excluding hydrogens is 246 g/mol. The Hall–Kier alpha value is -0.860. The molecule has 1 aromatic carbocycles. The molecule has 1 saturated carbocycles. The minimum atomic E-state index is 0.377. The summed E-state index contributed by atoms with van der Waals surface area (Å²) in [7, 11) is 0. The van der Waals surface area contributed by atoms with Crippen molar-refractivity contribution in [3.05, 3.63) is 35.9 Å². The highest BCUT2D eigenvalue weighted by Gasteiger charge is 2.22. The van der Waals surface area contributed by atoms with Crippen LogP contribution >= 0.6 is 0 Å². The predicted octanol–water partition coefficient (Wildman–Crippen LogP) is 4.29. The maximum Gasteiger partial charge on any atom is 0.0732 e. The molecular formula is C18H29NO. The summed E-state index contributed by atoms with van der Waals surface area (Å²) in [6.45, 7) is 4.08. The first kappa shape index (κ1) is 15.5. The molecule has 1 N–H and O–H groups in total. The van der Waals surface area contributed by atoms with E-state index in [0.717, 1.165) is 13.2 Å². The van der Waals surface area contributed by atoms with Gasteiger partial charge in [0.05, 0.1) is 12.7 Å². The summed E-state index contributed by atoms with van der Waals surface area (Å²) in [4.78, 5) is 0. The van der Waals surface area contributed by atoms with Gasteiger partial charge < -0.3 is 10.1 Å². The van der Waals surface area contributed by atoms with Gasteiger partial charge in [-0.25, -0.2) is 0 Å². The summed E-state index contributed by atoms with van der Waals surface area (Å²) >= 11 is 0. The third-order valence-corrected chi connectivity index (χ3v) is 4.17. The summed E-state index contributed by atoms with van der Waals surface area (Å²) in [6, 6.07) is 11.1. The monoisotopic (exact) mass is 275 g/mol. The van der Waals surface area contributed by atoms with Crippen molar-refractivity contribution < 1.29 is 4.74 Å². The number of nitrogens with one attached hydrogen (secondary N) is 1. The van der Waals surface area contributed by atoms with Gasteiger partial charge >= 0.3 is 0 Å². The Balaban J connectivity index is 1.88. The Morgan fingerprint density at radius 2 is 1.80 bits per heavy atom. The summed E-state index contributed by atoms with van der Waals surface area (Å²) in [5.74, 6) is 0. The van der Waals surface area contributed by atoms with Crippen molar-refractivity contribution in [2.24, 2.45) is 0 Å². The summed E-state index contributed by atoms with van der Waals surface area (Å²) < 4.78 is 6.25. The fourth-order valence-electron chi connectivity index (χ4n) is 2.99. The van der Waals surface area contributed by atoms with E-state index in [2.05, 4.69) is 42.6 Å². The third-order valence-electron chi connectivity index (χ3n) is 4.17. The van der Waals surface area contributed by atoms with Crippen molar-refractivity contribution in [1.82, 2.24) is 5.32 Å². The molecule has 0 aliphatic heterocycles. The van der Waals surface area contributed by atoms with Crippen LogP contribution in [0.4, 0.5) is 0 Å². The van der Waals surface area contributed by atoms with Gasteiger partial charge in [0.25, 0.3) is 0 Å².